The number of hydrogen-bond donors (Lipinski definition) is 1. The van der Waals surface area contributed by atoms with Crippen LogP contribution in [0.1, 0.15) is 51.1 Å². The first-order valence-electron chi connectivity index (χ1n) is 8.37. The molecule has 21 heavy (non-hydrogen) atoms. The van der Waals surface area contributed by atoms with E-state index >= 15 is 0 Å². The molecule has 2 rings (SSSR count). The van der Waals surface area contributed by atoms with Gasteiger partial charge < -0.3 is 10.1 Å². The van der Waals surface area contributed by atoms with Crippen LogP contribution < -0.4 is 10.1 Å². The van der Waals surface area contributed by atoms with Gasteiger partial charge in [0, 0.05) is 12.1 Å². The van der Waals surface area contributed by atoms with Gasteiger partial charge in [-0.1, -0.05) is 19.1 Å². The molecule has 2 atom stereocenters. The number of ether oxygens (including phenoxy) is 1. The molecule has 1 aromatic rings. The highest BCUT2D eigenvalue weighted by molar-refractivity contribution is 5.29. The molecule has 2 unspecified atom stereocenters. The lowest BCUT2D eigenvalue weighted by molar-refractivity contribution is 0.171. The Hall–Kier alpha value is -1.06. The number of benzene rings is 1. The van der Waals surface area contributed by atoms with E-state index in [1.807, 2.05) is 0 Å². The minimum absolute atomic E-state index is 0.452. The lowest BCUT2D eigenvalue weighted by Crippen LogP contribution is -2.34. The summed E-state index contributed by atoms with van der Waals surface area (Å²) < 4.78 is 5.66. The molecular formula is C18H30N2O. The molecule has 1 aliphatic heterocycles. The topological polar surface area (TPSA) is 24.5 Å². The molecule has 1 heterocycles. The van der Waals surface area contributed by atoms with Crippen molar-refractivity contribution in [1.82, 2.24) is 10.2 Å². The van der Waals surface area contributed by atoms with Crippen molar-refractivity contribution in [3.8, 4) is 5.75 Å². The van der Waals surface area contributed by atoms with Crippen LogP contribution in [-0.4, -0.2) is 37.7 Å². The zero-order chi connectivity index (χ0) is 15.1. The summed E-state index contributed by atoms with van der Waals surface area (Å²) in [6.07, 6.45) is 4.88. The number of nitrogens with one attached hydrogen (secondary N) is 1. The van der Waals surface area contributed by atoms with E-state index in [1.165, 1.54) is 31.4 Å². The minimum atomic E-state index is 0.452. The molecule has 0 radical (unpaired) electrons. The van der Waals surface area contributed by atoms with Gasteiger partial charge in [0.25, 0.3) is 0 Å². The summed E-state index contributed by atoms with van der Waals surface area (Å²) in [6.45, 7) is 7.55. The van der Waals surface area contributed by atoms with E-state index in [4.69, 9.17) is 4.74 Å². The minimum Gasteiger partial charge on any atom is -0.494 e. The van der Waals surface area contributed by atoms with E-state index in [1.54, 1.807) is 0 Å². The van der Waals surface area contributed by atoms with E-state index in [-0.39, 0.29) is 0 Å². The fraction of sp³-hybridized carbons (Fsp3) is 0.667. The lowest BCUT2D eigenvalue weighted by Gasteiger charge is -2.33. The van der Waals surface area contributed by atoms with Crippen molar-refractivity contribution in [3.05, 3.63) is 29.8 Å². The average molecular weight is 290 g/mol. The molecule has 0 bridgehead atoms. The monoisotopic (exact) mass is 290 g/mol. The van der Waals surface area contributed by atoms with E-state index < -0.39 is 0 Å². The smallest absolute Gasteiger partial charge is 0.119 e. The maximum atomic E-state index is 5.66. The Labute approximate surface area is 129 Å². The molecule has 118 valence electrons. The highest BCUT2D eigenvalue weighted by Crippen LogP contribution is 2.26. The van der Waals surface area contributed by atoms with Crippen molar-refractivity contribution >= 4 is 0 Å². The zero-order valence-corrected chi connectivity index (χ0v) is 13.8. The van der Waals surface area contributed by atoms with Crippen LogP contribution in [0.4, 0.5) is 0 Å². The van der Waals surface area contributed by atoms with Gasteiger partial charge >= 0.3 is 0 Å². The first-order chi connectivity index (χ1) is 10.2. The zero-order valence-electron chi connectivity index (χ0n) is 13.8. The number of hydrogen-bond acceptors (Lipinski definition) is 3. The highest BCUT2D eigenvalue weighted by Gasteiger charge is 2.21. The maximum absolute atomic E-state index is 5.66. The first-order valence-corrected chi connectivity index (χ1v) is 8.37. The predicted octanol–water partition coefficient (Wildman–Crippen LogP) is 3.61. The van der Waals surface area contributed by atoms with Crippen molar-refractivity contribution in [3.63, 3.8) is 0 Å². The van der Waals surface area contributed by atoms with Gasteiger partial charge in [0.15, 0.2) is 0 Å². The molecule has 0 aliphatic carbocycles. The maximum Gasteiger partial charge on any atom is 0.119 e. The summed E-state index contributed by atoms with van der Waals surface area (Å²) in [5.41, 5.74) is 1.37. The Morgan fingerprint density at radius 2 is 2.00 bits per heavy atom. The Morgan fingerprint density at radius 3 is 2.71 bits per heavy atom. The summed E-state index contributed by atoms with van der Waals surface area (Å²) in [4.78, 5) is 2.54. The molecule has 1 aliphatic rings. The molecule has 1 fully saturated rings. The van der Waals surface area contributed by atoms with Gasteiger partial charge in [0.2, 0.25) is 0 Å². The summed E-state index contributed by atoms with van der Waals surface area (Å²) >= 11 is 0. The molecule has 3 heteroatoms. The van der Waals surface area contributed by atoms with Crippen LogP contribution in [0.5, 0.6) is 5.75 Å². The van der Waals surface area contributed by atoms with Crippen LogP contribution in [-0.2, 0) is 0 Å². The van der Waals surface area contributed by atoms with Crippen molar-refractivity contribution < 1.29 is 4.74 Å². The van der Waals surface area contributed by atoms with E-state index in [0.717, 1.165) is 25.3 Å². The van der Waals surface area contributed by atoms with Crippen LogP contribution in [0.3, 0.4) is 0 Å². The third-order valence-electron chi connectivity index (χ3n) is 4.57. The second-order valence-electron chi connectivity index (χ2n) is 6.09. The van der Waals surface area contributed by atoms with Crippen molar-refractivity contribution in [2.24, 2.45) is 0 Å². The van der Waals surface area contributed by atoms with Gasteiger partial charge in [0.1, 0.15) is 5.75 Å². The van der Waals surface area contributed by atoms with Crippen molar-refractivity contribution in [2.45, 2.75) is 51.6 Å². The predicted molar refractivity (Wildman–Crippen MR) is 88.9 cm³/mol. The quantitative estimate of drug-likeness (QED) is 0.866. The summed E-state index contributed by atoms with van der Waals surface area (Å²) in [5, 5.41) is 3.49. The van der Waals surface area contributed by atoms with Crippen LogP contribution in [0.25, 0.3) is 0 Å². The molecular weight excluding hydrogens is 260 g/mol. The normalized spacial score (nSPS) is 21.0. The second-order valence-corrected chi connectivity index (χ2v) is 6.09. The molecule has 1 aromatic carbocycles. The molecule has 1 saturated heterocycles. The molecule has 0 spiro atoms. The Kier molecular flexibility index (Phi) is 6.52. The molecule has 0 amide bonds. The third-order valence-corrected chi connectivity index (χ3v) is 4.57. The van der Waals surface area contributed by atoms with Gasteiger partial charge in [-0.05, 0) is 70.4 Å². The fourth-order valence-corrected chi connectivity index (χ4v) is 3.02. The second kappa shape index (κ2) is 8.40. The number of rotatable bonds is 6. The van der Waals surface area contributed by atoms with Crippen LogP contribution in [0.2, 0.25) is 0 Å². The third kappa shape index (κ3) is 4.72. The van der Waals surface area contributed by atoms with Gasteiger partial charge in [-0.15, -0.1) is 0 Å². The van der Waals surface area contributed by atoms with E-state index in [2.05, 4.69) is 55.4 Å². The first kappa shape index (κ1) is 16.3. The fourth-order valence-electron chi connectivity index (χ4n) is 3.02. The SMILES string of the molecule is CCCOc1ccc(C(C)N(C)C2CCCNCC2)cc1. The lowest BCUT2D eigenvalue weighted by atomic mass is 10.0. The summed E-state index contributed by atoms with van der Waals surface area (Å²) in [7, 11) is 2.27. The Morgan fingerprint density at radius 1 is 1.24 bits per heavy atom. The molecule has 1 N–H and O–H groups in total. The van der Waals surface area contributed by atoms with E-state index in [9.17, 15) is 0 Å². The van der Waals surface area contributed by atoms with Gasteiger partial charge in [-0.25, -0.2) is 0 Å². The van der Waals surface area contributed by atoms with Gasteiger partial charge in [-0.2, -0.15) is 0 Å². The Bertz CT molecular complexity index is 396. The molecule has 0 saturated carbocycles. The number of nitrogens with zero attached hydrogens (tertiary/aromatic N) is 1. The van der Waals surface area contributed by atoms with Crippen molar-refractivity contribution in [1.29, 1.82) is 0 Å². The van der Waals surface area contributed by atoms with E-state index in [0.29, 0.717) is 12.1 Å². The highest BCUT2D eigenvalue weighted by atomic mass is 16.5. The average Bonchev–Trinajstić information content (AvgIpc) is 2.81. The summed E-state index contributed by atoms with van der Waals surface area (Å²) in [6, 6.07) is 9.76. The van der Waals surface area contributed by atoms with Crippen LogP contribution in [0, 0.1) is 0 Å². The largest absolute Gasteiger partial charge is 0.494 e. The van der Waals surface area contributed by atoms with Crippen LogP contribution in [0.15, 0.2) is 24.3 Å². The van der Waals surface area contributed by atoms with Gasteiger partial charge in [-0.3, -0.25) is 4.90 Å². The molecule has 3 nitrogen and oxygen atoms in total. The van der Waals surface area contributed by atoms with Crippen molar-refractivity contribution in [2.75, 3.05) is 26.7 Å². The Balaban J connectivity index is 1.95. The summed E-state index contributed by atoms with van der Waals surface area (Å²) in [5.74, 6) is 0.981. The van der Waals surface area contributed by atoms with Crippen LogP contribution >= 0.6 is 0 Å². The standard InChI is InChI=1S/C18H30N2O/c1-4-14-21-18-9-7-16(8-10-18)15(2)20(3)17-6-5-12-19-13-11-17/h7-10,15,17,19H,4-6,11-14H2,1-3H3. The van der Waals surface area contributed by atoms with Gasteiger partial charge in [0.05, 0.1) is 6.61 Å². The molecule has 0 aromatic heterocycles.